The van der Waals surface area contributed by atoms with E-state index in [1.807, 2.05) is 9.80 Å². The van der Waals surface area contributed by atoms with Crippen LogP contribution in [-0.4, -0.2) is 72.1 Å². The average molecular weight is 522 g/mol. The van der Waals surface area contributed by atoms with E-state index in [9.17, 15) is 27.9 Å². The summed E-state index contributed by atoms with van der Waals surface area (Å²) in [4.78, 5) is 31.3. The first kappa shape index (κ1) is 26.3. The number of alkyl halides is 3. The van der Waals surface area contributed by atoms with Gasteiger partial charge in [-0.2, -0.15) is 13.2 Å². The number of anilines is 1. The molecule has 3 saturated heterocycles. The quantitative estimate of drug-likeness (QED) is 0.593. The molecule has 2 atom stereocenters. The van der Waals surface area contributed by atoms with Crippen LogP contribution in [0.4, 0.5) is 18.9 Å². The lowest BCUT2D eigenvalue weighted by Gasteiger charge is -2.38. The Hall–Kier alpha value is -2.29. The Balaban J connectivity index is 1.31. The number of likely N-dealkylation sites (tertiary alicyclic amines) is 2. The highest BCUT2D eigenvalue weighted by Crippen LogP contribution is 2.40. The number of piperidine rings is 2. The minimum Gasteiger partial charge on any atom is -0.481 e. The van der Waals surface area contributed by atoms with Crippen molar-refractivity contribution >= 4 is 17.6 Å². The van der Waals surface area contributed by atoms with Crippen LogP contribution in [-0.2, 0) is 15.8 Å². The zero-order valence-electron chi connectivity index (χ0n) is 21.4. The minimum absolute atomic E-state index is 0.0153. The Morgan fingerprint density at radius 2 is 1.54 bits per heavy atom. The minimum atomic E-state index is -4.45. The first-order valence-corrected chi connectivity index (χ1v) is 13.9. The molecule has 1 aromatic carbocycles. The van der Waals surface area contributed by atoms with Crippen LogP contribution in [0.5, 0.6) is 0 Å². The summed E-state index contributed by atoms with van der Waals surface area (Å²) in [6.07, 6.45) is 3.94. The van der Waals surface area contributed by atoms with Gasteiger partial charge in [0, 0.05) is 50.4 Å². The Morgan fingerprint density at radius 3 is 2.22 bits per heavy atom. The number of hydrogen-bond acceptors (Lipinski definition) is 4. The maximum Gasteiger partial charge on any atom is 0.416 e. The Morgan fingerprint density at radius 1 is 0.838 bits per heavy atom. The largest absolute Gasteiger partial charge is 0.481 e. The lowest BCUT2D eigenvalue weighted by atomic mass is 9.87. The Bertz CT molecular complexity index is 987. The van der Waals surface area contributed by atoms with Crippen molar-refractivity contribution in [2.75, 3.05) is 44.2 Å². The first-order chi connectivity index (χ1) is 17.7. The number of carbonyl (C=O) groups excluding carboxylic acids is 1. The van der Waals surface area contributed by atoms with E-state index in [1.165, 1.54) is 31.7 Å². The van der Waals surface area contributed by atoms with Gasteiger partial charge in [0.25, 0.3) is 0 Å². The van der Waals surface area contributed by atoms with Crippen LogP contribution in [0.25, 0.3) is 0 Å². The van der Waals surface area contributed by atoms with E-state index >= 15 is 0 Å². The highest BCUT2D eigenvalue weighted by molar-refractivity contribution is 5.79. The molecule has 9 heteroatoms. The summed E-state index contributed by atoms with van der Waals surface area (Å²) in [6.45, 7) is 3.87. The second-order valence-electron chi connectivity index (χ2n) is 11.4. The van der Waals surface area contributed by atoms with Crippen molar-refractivity contribution in [1.29, 1.82) is 0 Å². The third-order valence-electron chi connectivity index (χ3n) is 9.13. The van der Waals surface area contributed by atoms with E-state index in [2.05, 4.69) is 4.90 Å². The molecule has 0 aromatic heterocycles. The molecule has 1 N–H and O–H groups in total. The molecule has 0 radical (unpaired) electrons. The number of carboxylic acid groups (broad SMARTS) is 1. The van der Waals surface area contributed by atoms with Crippen molar-refractivity contribution in [3.05, 3.63) is 29.3 Å². The molecule has 3 aliphatic heterocycles. The molecule has 0 spiro atoms. The van der Waals surface area contributed by atoms with Crippen LogP contribution in [0.1, 0.15) is 74.8 Å². The van der Waals surface area contributed by atoms with Crippen molar-refractivity contribution < 1.29 is 27.9 Å². The number of nitrogens with zero attached hydrogens (tertiary/aromatic N) is 3. The SMILES string of the molecule is O=C(O)C1CCN(c2cc(C(F)(F)F)ccc2C2CCCN(C(=O)C3CCN(C4CCCC4)C3)C2)CC1. The van der Waals surface area contributed by atoms with Crippen molar-refractivity contribution in [2.45, 2.75) is 75.9 Å². The van der Waals surface area contributed by atoms with E-state index in [1.54, 1.807) is 6.07 Å². The molecule has 6 nitrogen and oxygen atoms in total. The van der Waals surface area contributed by atoms with Crippen LogP contribution >= 0.6 is 0 Å². The van der Waals surface area contributed by atoms with E-state index in [-0.39, 0.29) is 17.7 Å². The number of hydrogen-bond donors (Lipinski definition) is 1. The summed E-state index contributed by atoms with van der Waals surface area (Å²) < 4.78 is 40.8. The summed E-state index contributed by atoms with van der Waals surface area (Å²) >= 11 is 0. The van der Waals surface area contributed by atoms with Gasteiger partial charge in [0.2, 0.25) is 5.91 Å². The van der Waals surface area contributed by atoms with Crippen LogP contribution in [0.15, 0.2) is 18.2 Å². The van der Waals surface area contributed by atoms with Crippen molar-refractivity contribution in [1.82, 2.24) is 9.80 Å². The number of carbonyl (C=O) groups is 2. The third kappa shape index (κ3) is 5.76. The van der Waals surface area contributed by atoms with E-state index < -0.39 is 23.6 Å². The fourth-order valence-corrected chi connectivity index (χ4v) is 6.99. The Kier molecular flexibility index (Phi) is 7.70. The lowest BCUT2D eigenvalue weighted by Crippen LogP contribution is -2.44. The molecule has 2 unspecified atom stereocenters. The molecule has 4 fully saturated rings. The second kappa shape index (κ2) is 10.8. The Labute approximate surface area is 216 Å². The van der Waals surface area contributed by atoms with Crippen LogP contribution in [0.2, 0.25) is 0 Å². The fraction of sp³-hybridized carbons (Fsp3) is 0.714. The molecule has 1 aromatic rings. The summed E-state index contributed by atoms with van der Waals surface area (Å²) in [5.74, 6) is -1.12. The zero-order valence-corrected chi connectivity index (χ0v) is 21.4. The molecule has 37 heavy (non-hydrogen) atoms. The standard InChI is InChI=1S/C28H38F3N3O3/c29-28(30,31)22-7-8-24(25(16-22)32-13-9-19(10-14-32)27(36)37)20-4-3-12-34(17-20)26(35)21-11-15-33(18-21)23-5-1-2-6-23/h7-8,16,19-21,23H,1-6,9-15,17-18H2,(H,36,37). The summed E-state index contributed by atoms with van der Waals surface area (Å²) in [5.41, 5.74) is 0.706. The zero-order chi connectivity index (χ0) is 26.2. The maximum absolute atomic E-state index is 13.6. The maximum atomic E-state index is 13.6. The van der Waals surface area contributed by atoms with Crippen molar-refractivity contribution in [3.63, 3.8) is 0 Å². The molecule has 1 aliphatic carbocycles. The van der Waals surface area contributed by atoms with Gasteiger partial charge in [0.1, 0.15) is 0 Å². The lowest BCUT2D eigenvalue weighted by molar-refractivity contribution is -0.142. The molecule has 4 aliphatic rings. The monoisotopic (exact) mass is 521 g/mol. The van der Waals surface area contributed by atoms with Crippen LogP contribution in [0, 0.1) is 11.8 Å². The number of carboxylic acids is 1. The van der Waals surface area contributed by atoms with Crippen molar-refractivity contribution in [2.24, 2.45) is 11.8 Å². The fourth-order valence-electron chi connectivity index (χ4n) is 6.99. The van der Waals surface area contributed by atoms with Gasteiger partial charge >= 0.3 is 12.1 Å². The molecular weight excluding hydrogens is 483 g/mol. The number of rotatable bonds is 5. The van der Waals surface area contributed by atoms with E-state index in [4.69, 9.17) is 0 Å². The predicted octanol–water partition coefficient (Wildman–Crippen LogP) is 4.98. The number of amides is 1. The van der Waals surface area contributed by atoms with E-state index in [0.29, 0.717) is 50.7 Å². The highest BCUT2D eigenvalue weighted by atomic mass is 19.4. The normalized spacial score (nSPS) is 26.7. The third-order valence-corrected chi connectivity index (χ3v) is 9.13. The highest BCUT2D eigenvalue weighted by Gasteiger charge is 2.38. The van der Waals surface area contributed by atoms with Gasteiger partial charge < -0.3 is 14.9 Å². The van der Waals surface area contributed by atoms with Gasteiger partial charge in [-0.15, -0.1) is 0 Å². The van der Waals surface area contributed by atoms with Gasteiger partial charge in [-0.05, 0) is 69.2 Å². The molecule has 204 valence electrons. The van der Waals surface area contributed by atoms with Crippen LogP contribution < -0.4 is 4.90 Å². The summed E-state index contributed by atoms with van der Waals surface area (Å²) in [6, 6.07) is 4.59. The smallest absolute Gasteiger partial charge is 0.416 e. The van der Waals surface area contributed by atoms with Gasteiger partial charge in [0.15, 0.2) is 0 Å². The predicted molar refractivity (Wildman–Crippen MR) is 135 cm³/mol. The van der Waals surface area contributed by atoms with E-state index in [0.717, 1.165) is 44.0 Å². The first-order valence-electron chi connectivity index (χ1n) is 13.9. The number of halogens is 3. The number of aliphatic carboxylic acids is 1. The van der Waals surface area contributed by atoms with Crippen LogP contribution in [0.3, 0.4) is 0 Å². The molecule has 1 amide bonds. The van der Waals surface area contributed by atoms with Gasteiger partial charge in [-0.3, -0.25) is 14.5 Å². The van der Waals surface area contributed by atoms with Gasteiger partial charge in [0.05, 0.1) is 17.4 Å². The molecule has 5 rings (SSSR count). The summed E-state index contributed by atoms with van der Waals surface area (Å²) in [7, 11) is 0. The van der Waals surface area contributed by atoms with Gasteiger partial charge in [-0.1, -0.05) is 18.9 Å². The van der Waals surface area contributed by atoms with Gasteiger partial charge in [-0.25, -0.2) is 0 Å². The molecule has 1 saturated carbocycles. The average Bonchev–Trinajstić information content (AvgIpc) is 3.60. The number of benzene rings is 1. The molecular formula is C28H38F3N3O3. The molecule has 3 heterocycles. The topological polar surface area (TPSA) is 64.1 Å². The molecule has 0 bridgehead atoms. The second-order valence-corrected chi connectivity index (χ2v) is 11.4. The van der Waals surface area contributed by atoms with Crippen molar-refractivity contribution in [3.8, 4) is 0 Å². The summed E-state index contributed by atoms with van der Waals surface area (Å²) in [5, 5.41) is 9.35.